The monoisotopic (exact) mass is 364 g/mol. The van der Waals surface area contributed by atoms with Crippen molar-refractivity contribution in [3.8, 4) is 5.75 Å². The Morgan fingerprint density at radius 2 is 1.81 bits per heavy atom. The quantitative estimate of drug-likeness (QED) is 0.442. The van der Waals surface area contributed by atoms with Gasteiger partial charge in [-0.1, -0.05) is 12.1 Å². The van der Waals surface area contributed by atoms with E-state index in [0.717, 1.165) is 5.56 Å². The van der Waals surface area contributed by atoms with Crippen LogP contribution in [0.2, 0.25) is 0 Å². The summed E-state index contributed by atoms with van der Waals surface area (Å²) in [6.07, 6.45) is 0.165. The fraction of sp³-hybridized carbons (Fsp3) is 0.471. The van der Waals surface area contributed by atoms with Gasteiger partial charge in [0.15, 0.2) is 0 Å². The lowest BCUT2D eigenvalue weighted by Gasteiger charge is -2.31. The molecule has 0 radical (unpaired) electrons. The Morgan fingerprint density at radius 1 is 1.19 bits per heavy atom. The molecule has 140 valence electrons. The molecule has 2 aliphatic heterocycles. The highest BCUT2D eigenvalue weighted by Gasteiger charge is 2.60. The van der Waals surface area contributed by atoms with Crippen LogP contribution in [0.25, 0.3) is 0 Å². The van der Waals surface area contributed by atoms with Crippen molar-refractivity contribution in [2.45, 2.75) is 18.1 Å². The van der Waals surface area contributed by atoms with Crippen molar-refractivity contribution in [2.75, 3.05) is 32.9 Å². The summed E-state index contributed by atoms with van der Waals surface area (Å²) < 4.78 is 10.1. The third-order valence-electron chi connectivity index (χ3n) is 4.45. The molecule has 0 aromatic heterocycles. The zero-order chi connectivity index (χ0) is 18.7. The summed E-state index contributed by atoms with van der Waals surface area (Å²) in [5.74, 6) is -2.44. The van der Waals surface area contributed by atoms with Crippen molar-refractivity contribution in [3.05, 3.63) is 29.8 Å². The molecule has 2 fully saturated rings. The van der Waals surface area contributed by atoms with Crippen LogP contribution in [-0.4, -0.2) is 77.4 Å². The van der Waals surface area contributed by atoms with Crippen LogP contribution in [0.5, 0.6) is 5.75 Å². The molecule has 9 nitrogen and oxygen atoms in total. The van der Waals surface area contributed by atoms with Crippen molar-refractivity contribution < 1.29 is 34.1 Å². The number of phenols is 1. The number of carboxylic acids is 1. The summed E-state index contributed by atoms with van der Waals surface area (Å²) >= 11 is 0. The Hall–Kier alpha value is -2.65. The van der Waals surface area contributed by atoms with Crippen molar-refractivity contribution in [2.24, 2.45) is 0 Å². The van der Waals surface area contributed by atoms with Gasteiger partial charge >= 0.3 is 5.97 Å². The first-order valence-corrected chi connectivity index (χ1v) is 8.25. The first-order valence-electron chi connectivity index (χ1n) is 8.25. The molecule has 2 aliphatic rings. The maximum Gasteiger partial charge on any atom is 0.348 e. The van der Waals surface area contributed by atoms with Crippen LogP contribution < -0.4 is 5.32 Å². The number of benzene rings is 1. The zero-order valence-electron chi connectivity index (χ0n) is 14.0. The fourth-order valence-corrected chi connectivity index (χ4v) is 2.77. The van der Waals surface area contributed by atoms with Gasteiger partial charge in [0, 0.05) is 19.5 Å². The van der Waals surface area contributed by atoms with Crippen molar-refractivity contribution in [1.82, 2.24) is 10.2 Å². The van der Waals surface area contributed by atoms with Gasteiger partial charge in [-0.3, -0.25) is 9.59 Å². The van der Waals surface area contributed by atoms with E-state index in [0.29, 0.717) is 26.3 Å². The van der Waals surface area contributed by atoms with Gasteiger partial charge in [-0.2, -0.15) is 0 Å². The Kier molecular flexibility index (Phi) is 5.10. The number of amides is 2. The van der Waals surface area contributed by atoms with Gasteiger partial charge in [0.25, 0.3) is 11.5 Å². The van der Waals surface area contributed by atoms with Gasteiger partial charge in [0.05, 0.1) is 19.8 Å². The van der Waals surface area contributed by atoms with E-state index in [1.54, 1.807) is 17.0 Å². The minimum absolute atomic E-state index is 0.0880. The molecular formula is C17H20N2O7. The molecule has 0 bridgehead atoms. The highest BCUT2D eigenvalue weighted by atomic mass is 16.6. The van der Waals surface area contributed by atoms with Crippen LogP contribution in [0.3, 0.4) is 0 Å². The minimum Gasteiger partial charge on any atom is -0.508 e. The number of carboxylic acid groups (broad SMARTS) is 1. The van der Waals surface area contributed by atoms with E-state index in [4.69, 9.17) is 14.6 Å². The first kappa shape index (κ1) is 18.2. The van der Waals surface area contributed by atoms with Gasteiger partial charge < -0.3 is 29.9 Å². The van der Waals surface area contributed by atoms with E-state index in [-0.39, 0.29) is 24.7 Å². The maximum absolute atomic E-state index is 12.8. The Morgan fingerprint density at radius 3 is 2.35 bits per heavy atom. The number of nitrogens with one attached hydrogen (secondary N) is 1. The third-order valence-corrected chi connectivity index (χ3v) is 4.45. The van der Waals surface area contributed by atoms with Crippen LogP contribution in [0.4, 0.5) is 0 Å². The average Bonchev–Trinajstić information content (AvgIpc) is 3.45. The SMILES string of the molecule is O=C([C@H](Cc1ccc(O)cc1)NC(=O)[C@]1(C(=O)O)CO1)N1CCOCC1. The van der Waals surface area contributed by atoms with E-state index in [2.05, 4.69) is 5.32 Å². The van der Waals surface area contributed by atoms with Gasteiger partial charge in [0.2, 0.25) is 5.91 Å². The predicted octanol–water partition coefficient (Wildman–Crippen LogP) is -0.868. The largest absolute Gasteiger partial charge is 0.508 e. The number of carbonyl (C=O) groups excluding carboxylic acids is 2. The Bertz CT molecular complexity index is 694. The summed E-state index contributed by atoms with van der Waals surface area (Å²) in [5, 5.41) is 21.1. The second kappa shape index (κ2) is 7.30. The topological polar surface area (TPSA) is 129 Å². The number of morpholine rings is 1. The highest BCUT2D eigenvalue weighted by Crippen LogP contribution is 2.27. The molecule has 0 spiro atoms. The fourth-order valence-electron chi connectivity index (χ4n) is 2.77. The first-order chi connectivity index (χ1) is 12.4. The smallest absolute Gasteiger partial charge is 0.348 e. The average molecular weight is 364 g/mol. The van der Waals surface area contributed by atoms with E-state index in [1.807, 2.05) is 0 Å². The van der Waals surface area contributed by atoms with Crippen molar-refractivity contribution >= 4 is 17.8 Å². The number of aliphatic carboxylic acids is 1. The lowest BCUT2D eigenvalue weighted by Crippen LogP contribution is -2.56. The standard InChI is InChI=1S/C17H20N2O7/c20-12-3-1-11(2-4-12)9-13(14(21)19-5-7-25-8-6-19)18-15(22)17(10-26-17)16(23)24/h1-4,13,20H,5-10H2,(H,18,22)(H,23,24)/t13-,17-/m0/s1. The number of hydrogen-bond donors (Lipinski definition) is 3. The molecule has 0 aliphatic carbocycles. The van der Waals surface area contributed by atoms with Crippen LogP contribution in [0.1, 0.15) is 5.56 Å². The lowest BCUT2D eigenvalue weighted by atomic mass is 10.0. The summed E-state index contributed by atoms with van der Waals surface area (Å²) in [4.78, 5) is 38.0. The molecule has 2 atom stereocenters. The van der Waals surface area contributed by atoms with E-state index in [9.17, 15) is 19.5 Å². The van der Waals surface area contributed by atoms with E-state index >= 15 is 0 Å². The van der Waals surface area contributed by atoms with Gasteiger partial charge in [-0.15, -0.1) is 0 Å². The van der Waals surface area contributed by atoms with Crippen LogP contribution >= 0.6 is 0 Å². The van der Waals surface area contributed by atoms with Crippen LogP contribution in [0.15, 0.2) is 24.3 Å². The van der Waals surface area contributed by atoms with Gasteiger partial charge in [0.1, 0.15) is 11.8 Å². The summed E-state index contributed by atoms with van der Waals surface area (Å²) in [7, 11) is 0. The molecule has 2 saturated heterocycles. The normalized spacial score (nSPS) is 23.2. The molecule has 1 aromatic rings. The number of carbonyl (C=O) groups is 3. The predicted molar refractivity (Wildman–Crippen MR) is 87.5 cm³/mol. The Labute approximate surface area is 149 Å². The minimum atomic E-state index is -1.90. The number of hydrogen-bond acceptors (Lipinski definition) is 6. The van der Waals surface area contributed by atoms with Crippen LogP contribution in [0, 0.1) is 0 Å². The van der Waals surface area contributed by atoms with E-state index in [1.165, 1.54) is 12.1 Å². The number of phenolic OH excluding ortho intramolecular Hbond substituents is 1. The summed E-state index contributed by atoms with van der Waals surface area (Å²) in [6, 6.07) is 5.31. The molecule has 9 heteroatoms. The molecule has 3 rings (SSSR count). The van der Waals surface area contributed by atoms with Crippen molar-refractivity contribution in [3.63, 3.8) is 0 Å². The van der Waals surface area contributed by atoms with Gasteiger partial charge in [-0.05, 0) is 17.7 Å². The molecule has 2 amide bonds. The highest BCUT2D eigenvalue weighted by molar-refractivity contribution is 6.09. The Balaban J connectivity index is 1.76. The molecule has 3 N–H and O–H groups in total. The molecule has 1 aromatic carbocycles. The molecule has 0 unspecified atom stereocenters. The molecule has 26 heavy (non-hydrogen) atoms. The summed E-state index contributed by atoms with van der Waals surface area (Å²) in [5.41, 5.74) is -1.19. The van der Waals surface area contributed by atoms with E-state index < -0.39 is 23.5 Å². The second-order valence-corrected chi connectivity index (χ2v) is 6.26. The van der Waals surface area contributed by atoms with Crippen LogP contribution in [-0.2, 0) is 30.3 Å². The molecule has 0 saturated carbocycles. The number of ether oxygens (including phenoxy) is 2. The molecule has 2 heterocycles. The third kappa shape index (κ3) is 3.78. The maximum atomic E-state index is 12.8. The number of rotatable bonds is 6. The second-order valence-electron chi connectivity index (χ2n) is 6.26. The summed E-state index contributed by atoms with van der Waals surface area (Å²) in [6.45, 7) is 1.41. The zero-order valence-corrected chi connectivity index (χ0v) is 14.0. The number of aromatic hydroxyl groups is 1. The van der Waals surface area contributed by atoms with Crippen molar-refractivity contribution in [1.29, 1.82) is 0 Å². The lowest BCUT2D eigenvalue weighted by molar-refractivity contribution is -0.150. The molecular weight excluding hydrogens is 344 g/mol. The van der Waals surface area contributed by atoms with Gasteiger partial charge in [-0.25, -0.2) is 4.79 Å². The number of nitrogens with zero attached hydrogens (tertiary/aromatic N) is 1. The number of epoxide rings is 1.